The first-order valence-electron chi connectivity index (χ1n) is 3.55. The van der Waals surface area contributed by atoms with E-state index in [4.69, 9.17) is 0 Å². The van der Waals surface area contributed by atoms with Crippen molar-refractivity contribution in [3.63, 3.8) is 0 Å². The molecular formula is C7H12FNO. The number of carbonyl (C=O) groups excluding carboxylic acids is 1. The highest BCUT2D eigenvalue weighted by molar-refractivity contribution is 5.78. The lowest BCUT2D eigenvalue weighted by atomic mass is 10.2. The van der Waals surface area contributed by atoms with E-state index in [-0.39, 0.29) is 17.9 Å². The molecule has 0 radical (unpaired) electrons. The van der Waals surface area contributed by atoms with Crippen LogP contribution in [0.3, 0.4) is 0 Å². The van der Waals surface area contributed by atoms with Gasteiger partial charge in [-0.25, -0.2) is 4.39 Å². The van der Waals surface area contributed by atoms with E-state index in [2.05, 4.69) is 5.32 Å². The Bertz CT molecular complexity index is 147. The van der Waals surface area contributed by atoms with Gasteiger partial charge in [0.2, 0.25) is 5.91 Å². The zero-order chi connectivity index (χ0) is 7.72. The molecule has 1 amide bonds. The van der Waals surface area contributed by atoms with Crippen LogP contribution in [0, 0.1) is 5.92 Å². The topological polar surface area (TPSA) is 29.1 Å². The van der Waals surface area contributed by atoms with Gasteiger partial charge in [0.05, 0.1) is 6.04 Å². The highest BCUT2D eigenvalue weighted by atomic mass is 19.1. The van der Waals surface area contributed by atoms with Gasteiger partial charge in [0.25, 0.3) is 0 Å². The van der Waals surface area contributed by atoms with Crippen LogP contribution >= 0.6 is 0 Å². The van der Waals surface area contributed by atoms with Crippen molar-refractivity contribution in [1.29, 1.82) is 0 Å². The lowest BCUT2D eigenvalue weighted by molar-refractivity contribution is -0.124. The maximum absolute atomic E-state index is 12.2. The van der Waals surface area contributed by atoms with Crippen molar-refractivity contribution in [3.8, 4) is 0 Å². The summed E-state index contributed by atoms with van der Waals surface area (Å²) in [5.41, 5.74) is 0. The summed E-state index contributed by atoms with van der Waals surface area (Å²) in [6.45, 7) is 3.59. The fourth-order valence-electron chi connectivity index (χ4n) is 0.663. The van der Waals surface area contributed by atoms with Crippen molar-refractivity contribution in [2.45, 2.75) is 32.5 Å². The predicted molar refractivity (Wildman–Crippen MR) is 36.3 cm³/mol. The summed E-state index contributed by atoms with van der Waals surface area (Å²) in [5, 5.41) is 2.59. The van der Waals surface area contributed by atoms with Crippen LogP contribution in [-0.4, -0.2) is 18.1 Å². The number of amides is 1. The number of alkyl halides is 1. The molecule has 0 saturated heterocycles. The minimum Gasteiger partial charge on any atom is -0.350 e. The van der Waals surface area contributed by atoms with Gasteiger partial charge in [-0.15, -0.1) is 0 Å². The molecule has 0 heterocycles. The fraction of sp³-hybridized carbons (Fsp3) is 0.857. The molecular weight excluding hydrogens is 133 g/mol. The summed E-state index contributed by atoms with van der Waals surface area (Å²) in [7, 11) is 0. The molecule has 1 aliphatic carbocycles. The van der Waals surface area contributed by atoms with Gasteiger partial charge >= 0.3 is 0 Å². The van der Waals surface area contributed by atoms with E-state index in [1.54, 1.807) is 13.8 Å². The van der Waals surface area contributed by atoms with Gasteiger partial charge in [0.15, 0.2) is 0 Å². The zero-order valence-corrected chi connectivity index (χ0v) is 6.23. The van der Waals surface area contributed by atoms with Crippen LogP contribution in [0.2, 0.25) is 0 Å². The summed E-state index contributed by atoms with van der Waals surface area (Å²) in [4.78, 5) is 10.9. The Morgan fingerprint density at radius 1 is 1.70 bits per heavy atom. The summed E-state index contributed by atoms with van der Waals surface area (Å²) in [5.74, 6) is -0.0852. The summed E-state index contributed by atoms with van der Waals surface area (Å²) in [6, 6.07) is -0.185. The van der Waals surface area contributed by atoms with Crippen molar-refractivity contribution >= 4 is 5.91 Å². The van der Waals surface area contributed by atoms with Crippen LogP contribution < -0.4 is 5.32 Å². The van der Waals surface area contributed by atoms with Gasteiger partial charge in [0.1, 0.15) is 6.17 Å². The van der Waals surface area contributed by atoms with E-state index in [0.29, 0.717) is 6.42 Å². The van der Waals surface area contributed by atoms with E-state index in [9.17, 15) is 9.18 Å². The molecule has 0 spiro atoms. The number of halogens is 1. The summed E-state index contributed by atoms with van der Waals surface area (Å²) >= 11 is 0. The van der Waals surface area contributed by atoms with Crippen molar-refractivity contribution in [3.05, 3.63) is 0 Å². The molecule has 0 aromatic heterocycles. The molecule has 0 aromatic rings. The second-order valence-electron chi connectivity index (χ2n) is 3.02. The van der Waals surface area contributed by atoms with E-state index < -0.39 is 6.17 Å². The molecule has 2 unspecified atom stereocenters. The largest absolute Gasteiger partial charge is 0.350 e. The van der Waals surface area contributed by atoms with Crippen molar-refractivity contribution in [2.75, 3.05) is 0 Å². The summed E-state index contributed by atoms with van der Waals surface area (Å²) < 4.78 is 12.2. The van der Waals surface area contributed by atoms with Crippen LogP contribution in [0.25, 0.3) is 0 Å². The molecule has 58 valence electrons. The van der Waals surface area contributed by atoms with E-state index in [0.717, 1.165) is 0 Å². The highest BCUT2D eigenvalue weighted by Crippen LogP contribution is 2.24. The molecule has 2 nitrogen and oxygen atoms in total. The second kappa shape index (κ2) is 2.56. The molecule has 1 fully saturated rings. The molecule has 0 aliphatic heterocycles. The van der Waals surface area contributed by atoms with E-state index >= 15 is 0 Å². The highest BCUT2D eigenvalue weighted by Gasteiger charge is 2.38. The lowest BCUT2D eigenvalue weighted by Crippen LogP contribution is -2.30. The maximum Gasteiger partial charge on any atom is 0.222 e. The Morgan fingerprint density at radius 2 is 2.20 bits per heavy atom. The van der Waals surface area contributed by atoms with Gasteiger partial charge in [-0.2, -0.15) is 0 Å². The standard InChI is InChI=1S/C7H12FNO/c1-4(2)7(10)9-6-3-5(6)8/h4-6H,3H2,1-2H3,(H,9,10). The molecule has 0 bridgehead atoms. The minimum absolute atomic E-state index is 0.0344. The van der Waals surface area contributed by atoms with Crippen molar-refractivity contribution in [1.82, 2.24) is 5.32 Å². The fourth-order valence-corrected chi connectivity index (χ4v) is 0.663. The predicted octanol–water partition coefficient (Wildman–Crippen LogP) is 0.869. The van der Waals surface area contributed by atoms with Gasteiger partial charge in [-0.1, -0.05) is 13.8 Å². The Labute approximate surface area is 59.8 Å². The van der Waals surface area contributed by atoms with Gasteiger partial charge in [-0.3, -0.25) is 4.79 Å². The third kappa shape index (κ3) is 1.69. The zero-order valence-electron chi connectivity index (χ0n) is 6.23. The molecule has 1 aliphatic rings. The van der Waals surface area contributed by atoms with Crippen LogP contribution in [0.15, 0.2) is 0 Å². The van der Waals surface area contributed by atoms with Gasteiger partial charge in [0, 0.05) is 12.3 Å². The molecule has 10 heavy (non-hydrogen) atoms. The molecule has 0 aromatic carbocycles. The van der Waals surface area contributed by atoms with Crippen LogP contribution in [0.1, 0.15) is 20.3 Å². The number of carbonyl (C=O) groups is 1. The Balaban J connectivity index is 2.20. The first kappa shape index (κ1) is 7.51. The lowest BCUT2D eigenvalue weighted by Gasteiger charge is -2.04. The first-order chi connectivity index (χ1) is 4.61. The molecule has 1 rings (SSSR count). The number of hydrogen-bond donors (Lipinski definition) is 1. The average molecular weight is 145 g/mol. The molecule has 2 atom stereocenters. The van der Waals surface area contributed by atoms with Crippen molar-refractivity contribution < 1.29 is 9.18 Å². The van der Waals surface area contributed by atoms with E-state index in [1.807, 2.05) is 0 Å². The number of hydrogen-bond acceptors (Lipinski definition) is 1. The molecule has 1 saturated carbocycles. The SMILES string of the molecule is CC(C)C(=O)NC1CC1F. The van der Waals surface area contributed by atoms with Gasteiger partial charge in [-0.05, 0) is 0 Å². The van der Waals surface area contributed by atoms with Crippen LogP contribution in [0.5, 0.6) is 0 Å². The maximum atomic E-state index is 12.2. The first-order valence-corrected chi connectivity index (χ1v) is 3.55. The smallest absolute Gasteiger partial charge is 0.222 e. The quantitative estimate of drug-likeness (QED) is 0.613. The number of nitrogens with one attached hydrogen (secondary N) is 1. The Hall–Kier alpha value is -0.600. The third-order valence-electron chi connectivity index (χ3n) is 1.56. The summed E-state index contributed by atoms with van der Waals surface area (Å²) in [6.07, 6.45) is -0.291. The van der Waals surface area contributed by atoms with Gasteiger partial charge < -0.3 is 5.32 Å². The Morgan fingerprint density at radius 3 is 2.50 bits per heavy atom. The average Bonchev–Trinajstić information content (AvgIpc) is 2.46. The molecule has 3 heteroatoms. The molecule has 1 N–H and O–H groups in total. The third-order valence-corrected chi connectivity index (χ3v) is 1.56. The number of rotatable bonds is 2. The minimum atomic E-state index is -0.789. The Kier molecular flexibility index (Phi) is 1.92. The van der Waals surface area contributed by atoms with Crippen molar-refractivity contribution in [2.24, 2.45) is 5.92 Å². The van der Waals surface area contributed by atoms with Crippen LogP contribution in [0.4, 0.5) is 4.39 Å². The monoisotopic (exact) mass is 145 g/mol. The van der Waals surface area contributed by atoms with E-state index in [1.165, 1.54) is 0 Å². The second-order valence-corrected chi connectivity index (χ2v) is 3.02. The normalized spacial score (nSPS) is 30.4. The van der Waals surface area contributed by atoms with Crippen LogP contribution in [-0.2, 0) is 4.79 Å².